The van der Waals surface area contributed by atoms with Crippen LogP contribution in [0.4, 0.5) is 0 Å². The number of carbonyl (C=O) groups excluding carboxylic acids is 1. The highest BCUT2D eigenvalue weighted by molar-refractivity contribution is 9.10. The molecule has 0 saturated carbocycles. The van der Waals surface area contributed by atoms with E-state index in [1.165, 1.54) is 21.3 Å². The van der Waals surface area contributed by atoms with Gasteiger partial charge in [-0.05, 0) is 35.9 Å². The van der Waals surface area contributed by atoms with Crippen LogP contribution in [0.25, 0.3) is 6.08 Å². The van der Waals surface area contributed by atoms with Crippen LogP contribution in [-0.4, -0.2) is 33.0 Å². The molecule has 6 nitrogen and oxygen atoms in total. The van der Waals surface area contributed by atoms with E-state index >= 15 is 0 Å². The average Bonchev–Trinajstić information content (AvgIpc) is 3.02. The van der Waals surface area contributed by atoms with Crippen LogP contribution >= 0.6 is 15.9 Å². The Balaban J connectivity index is 2.07. The molecule has 3 rings (SSSR count). The first kappa shape index (κ1) is 18.0. The van der Waals surface area contributed by atoms with Crippen molar-refractivity contribution in [1.29, 1.82) is 0 Å². The van der Waals surface area contributed by atoms with Gasteiger partial charge in [0.05, 0.1) is 26.9 Å². The first-order chi connectivity index (χ1) is 12.6. The van der Waals surface area contributed by atoms with E-state index in [-0.39, 0.29) is 0 Å². The van der Waals surface area contributed by atoms with Crippen molar-refractivity contribution < 1.29 is 23.8 Å². The Morgan fingerprint density at radius 2 is 1.62 bits per heavy atom. The van der Waals surface area contributed by atoms with Crippen LogP contribution in [0.3, 0.4) is 0 Å². The fourth-order valence-corrected chi connectivity index (χ4v) is 2.83. The van der Waals surface area contributed by atoms with Crippen LogP contribution in [0.2, 0.25) is 0 Å². The normalized spacial score (nSPS) is 14.8. The zero-order valence-corrected chi connectivity index (χ0v) is 16.0. The minimum atomic E-state index is -0.517. The second-order valence-corrected chi connectivity index (χ2v) is 6.26. The Morgan fingerprint density at radius 3 is 2.15 bits per heavy atom. The number of nitrogens with zero attached hydrogens (tertiary/aromatic N) is 1. The third-order valence-electron chi connectivity index (χ3n) is 3.81. The van der Waals surface area contributed by atoms with Gasteiger partial charge in [-0.1, -0.05) is 33.2 Å². The fraction of sp³-hybridized carbons (Fsp3) is 0.158. The van der Waals surface area contributed by atoms with E-state index in [1.54, 1.807) is 18.2 Å². The minimum absolute atomic E-state index is 0.349. The van der Waals surface area contributed by atoms with Gasteiger partial charge >= 0.3 is 5.97 Å². The molecular weight excluding hydrogens is 402 g/mol. The number of hydrogen-bond acceptors (Lipinski definition) is 6. The zero-order chi connectivity index (χ0) is 18.7. The van der Waals surface area contributed by atoms with Gasteiger partial charge in [-0.15, -0.1) is 0 Å². The lowest BCUT2D eigenvalue weighted by molar-refractivity contribution is -0.136. The van der Waals surface area contributed by atoms with Crippen molar-refractivity contribution in [3.8, 4) is 17.2 Å². The summed E-state index contributed by atoms with van der Waals surface area (Å²) in [5, 5.41) is 3.93. The SMILES string of the molecule is COc1cc(C2=NOC(=O)/C2=C\c2ccc(Br)cc2)cc(OC)c1OC. The van der Waals surface area contributed by atoms with Crippen LogP contribution in [0.1, 0.15) is 11.1 Å². The molecule has 0 N–H and O–H groups in total. The molecule has 2 aromatic carbocycles. The number of carbonyl (C=O) groups is 1. The van der Waals surface area contributed by atoms with Crippen molar-refractivity contribution >= 4 is 33.7 Å². The zero-order valence-electron chi connectivity index (χ0n) is 14.4. The van der Waals surface area contributed by atoms with Gasteiger partial charge in [0.2, 0.25) is 5.75 Å². The van der Waals surface area contributed by atoms with E-state index < -0.39 is 5.97 Å². The van der Waals surface area contributed by atoms with Crippen molar-refractivity contribution in [2.45, 2.75) is 0 Å². The minimum Gasteiger partial charge on any atom is -0.493 e. The number of methoxy groups -OCH3 is 3. The third-order valence-corrected chi connectivity index (χ3v) is 4.34. The summed E-state index contributed by atoms with van der Waals surface area (Å²) in [5.74, 6) is 0.874. The van der Waals surface area contributed by atoms with E-state index in [1.807, 2.05) is 24.3 Å². The van der Waals surface area contributed by atoms with Crippen LogP contribution in [0.15, 0.2) is 51.6 Å². The predicted molar refractivity (Wildman–Crippen MR) is 101 cm³/mol. The maximum Gasteiger partial charge on any atom is 0.368 e. The van der Waals surface area contributed by atoms with Crippen molar-refractivity contribution in [1.82, 2.24) is 0 Å². The highest BCUT2D eigenvalue weighted by Gasteiger charge is 2.28. The average molecular weight is 418 g/mol. The van der Waals surface area contributed by atoms with Crippen LogP contribution < -0.4 is 14.2 Å². The Morgan fingerprint density at radius 1 is 1.00 bits per heavy atom. The topological polar surface area (TPSA) is 66.4 Å². The largest absolute Gasteiger partial charge is 0.493 e. The van der Waals surface area contributed by atoms with E-state index in [2.05, 4.69) is 21.1 Å². The molecule has 0 atom stereocenters. The van der Waals surface area contributed by atoms with E-state index in [0.717, 1.165) is 10.0 Å². The molecule has 0 amide bonds. The number of ether oxygens (including phenoxy) is 3. The number of rotatable bonds is 5. The number of oxime groups is 1. The summed E-state index contributed by atoms with van der Waals surface area (Å²) in [7, 11) is 4.58. The molecule has 0 fully saturated rings. The molecule has 1 aliphatic rings. The summed E-state index contributed by atoms with van der Waals surface area (Å²) in [6, 6.07) is 11.0. The predicted octanol–water partition coefficient (Wildman–Crippen LogP) is 3.82. The Hall–Kier alpha value is -2.80. The molecule has 0 bridgehead atoms. The number of halogens is 1. The first-order valence-corrected chi connectivity index (χ1v) is 8.44. The highest BCUT2D eigenvalue weighted by Crippen LogP contribution is 2.39. The van der Waals surface area contributed by atoms with Crippen LogP contribution in [-0.2, 0) is 9.63 Å². The smallest absolute Gasteiger partial charge is 0.368 e. The molecule has 0 saturated heterocycles. The van der Waals surface area contributed by atoms with Gasteiger partial charge in [0, 0.05) is 10.0 Å². The third kappa shape index (κ3) is 3.43. The van der Waals surface area contributed by atoms with Crippen molar-refractivity contribution in [3.63, 3.8) is 0 Å². The monoisotopic (exact) mass is 417 g/mol. The second-order valence-electron chi connectivity index (χ2n) is 5.34. The molecule has 2 aromatic rings. The second kappa shape index (κ2) is 7.61. The summed E-state index contributed by atoms with van der Waals surface area (Å²) in [5.41, 5.74) is 2.22. The lowest BCUT2D eigenvalue weighted by Gasteiger charge is -2.13. The van der Waals surface area contributed by atoms with Crippen molar-refractivity contribution in [2.75, 3.05) is 21.3 Å². The molecule has 7 heteroatoms. The number of hydrogen-bond donors (Lipinski definition) is 0. The molecule has 0 aromatic heterocycles. The maximum absolute atomic E-state index is 12.2. The summed E-state index contributed by atoms with van der Waals surface area (Å²) < 4.78 is 17.0. The standard InChI is InChI=1S/C19H16BrNO5/c1-23-15-9-12(10-16(24-2)18(15)25-3)17-14(19(22)26-21-17)8-11-4-6-13(20)7-5-11/h4-10H,1-3H3/b14-8-. The van der Waals surface area contributed by atoms with Gasteiger partial charge in [0.25, 0.3) is 0 Å². The van der Waals surface area contributed by atoms with Gasteiger partial charge in [0.1, 0.15) is 5.71 Å². The molecular formula is C19H16BrNO5. The van der Waals surface area contributed by atoms with Crippen molar-refractivity contribution in [3.05, 3.63) is 57.6 Å². The lowest BCUT2D eigenvalue weighted by Crippen LogP contribution is -2.08. The van der Waals surface area contributed by atoms with Crippen molar-refractivity contribution in [2.24, 2.45) is 5.16 Å². The van der Waals surface area contributed by atoms with Gasteiger partial charge < -0.3 is 19.0 Å². The summed E-state index contributed by atoms with van der Waals surface area (Å²) >= 11 is 3.39. The fourth-order valence-electron chi connectivity index (χ4n) is 2.56. The highest BCUT2D eigenvalue weighted by atomic mass is 79.9. The molecule has 134 valence electrons. The number of benzene rings is 2. The molecule has 1 heterocycles. The molecule has 0 spiro atoms. The maximum atomic E-state index is 12.2. The first-order valence-electron chi connectivity index (χ1n) is 7.64. The molecule has 0 radical (unpaired) electrons. The lowest BCUT2D eigenvalue weighted by atomic mass is 10.00. The van der Waals surface area contributed by atoms with E-state index in [0.29, 0.717) is 34.1 Å². The summed E-state index contributed by atoms with van der Waals surface area (Å²) in [6.45, 7) is 0. The van der Waals surface area contributed by atoms with Gasteiger partial charge in [-0.25, -0.2) is 4.79 Å². The van der Waals surface area contributed by atoms with Crippen LogP contribution in [0, 0.1) is 0 Å². The summed E-state index contributed by atoms with van der Waals surface area (Å²) in [4.78, 5) is 17.1. The molecule has 0 unspecified atom stereocenters. The van der Waals surface area contributed by atoms with Gasteiger partial charge in [-0.2, -0.15) is 0 Å². The molecule has 0 aliphatic carbocycles. The quantitative estimate of drug-likeness (QED) is 0.546. The Bertz CT molecular complexity index is 878. The van der Waals surface area contributed by atoms with E-state index in [4.69, 9.17) is 19.0 Å². The molecule has 26 heavy (non-hydrogen) atoms. The van der Waals surface area contributed by atoms with Gasteiger partial charge in [-0.3, -0.25) is 0 Å². The Kier molecular flexibility index (Phi) is 5.27. The van der Waals surface area contributed by atoms with Gasteiger partial charge in [0.15, 0.2) is 11.5 Å². The molecule has 1 aliphatic heterocycles. The van der Waals surface area contributed by atoms with E-state index in [9.17, 15) is 4.79 Å². The van der Waals surface area contributed by atoms with Crippen LogP contribution in [0.5, 0.6) is 17.2 Å². The Labute approximate surface area is 159 Å². The summed E-state index contributed by atoms with van der Waals surface area (Å²) in [6.07, 6.45) is 1.73.